The normalized spacial score (nSPS) is 10.4. The van der Waals surface area contributed by atoms with E-state index in [4.69, 9.17) is 0 Å². The third kappa shape index (κ3) is 4.22. The molecule has 5 nitrogen and oxygen atoms in total. The van der Waals surface area contributed by atoms with Gasteiger partial charge in [-0.25, -0.2) is 9.97 Å². The summed E-state index contributed by atoms with van der Waals surface area (Å²) >= 11 is 3.37. The van der Waals surface area contributed by atoms with Gasteiger partial charge in [0, 0.05) is 28.6 Å². The largest absolute Gasteiger partial charge is 0.321 e. The molecule has 1 amide bonds. The number of para-hydroxylation sites is 1. The lowest BCUT2D eigenvalue weighted by Gasteiger charge is -2.18. The summed E-state index contributed by atoms with van der Waals surface area (Å²) in [4.78, 5) is 23.2. The Bertz CT molecular complexity index is 882. The standard InChI is InChI=1S/C19H17BrN4O/c1-13-12-17(18(25)22-15-10-8-14(20)9-11-15)23-19(21-13)24(2)16-6-4-3-5-7-16/h3-12H,1-2H3,(H,22,25). The molecule has 6 heteroatoms. The number of nitrogens with one attached hydrogen (secondary N) is 1. The number of rotatable bonds is 4. The SMILES string of the molecule is Cc1cc(C(=O)Nc2ccc(Br)cc2)nc(N(C)c2ccccc2)n1. The number of amides is 1. The number of hydrogen-bond donors (Lipinski definition) is 1. The fourth-order valence-electron chi connectivity index (χ4n) is 2.31. The van der Waals surface area contributed by atoms with Gasteiger partial charge >= 0.3 is 0 Å². The summed E-state index contributed by atoms with van der Waals surface area (Å²) in [6.45, 7) is 1.85. The number of benzene rings is 2. The molecule has 0 spiro atoms. The third-order valence-corrected chi connectivity index (χ3v) is 4.15. The first-order valence-corrected chi connectivity index (χ1v) is 8.53. The molecule has 0 radical (unpaired) electrons. The van der Waals surface area contributed by atoms with E-state index in [9.17, 15) is 4.79 Å². The van der Waals surface area contributed by atoms with Crippen molar-refractivity contribution in [3.8, 4) is 0 Å². The predicted molar refractivity (Wildman–Crippen MR) is 103 cm³/mol. The van der Waals surface area contributed by atoms with Gasteiger partial charge in [0.25, 0.3) is 5.91 Å². The van der Waals surface area contributed by atoms with Gasteiger partial charge in [-0.05, 0) is 49.4 Å². The van der Waals surface area contributed by atoms with Crippen LogP contribution in [0.1, 0.15) is 16.2 Å². The fraction of sp³-hybridized carbons (Fsp3) is 0.105. The number of nitrogens with zero attached hydrogens (tertiary/aromatic N) is 3. The van der Waals surface area contributed by atoms with Crippen LogP contribution in [0.4, 0.5) is 17.3 Å². The quantitative estimate of drug-likeness (QED) is 0.701. The molecule has 1 heterocycles. The Hall–Kier alpha value is -2.73. The van der Waals surface area contributed by atoms with E-state index in [2.05, 4.69) is 31.2 Å². The highest BCUT2D eigenvalue weighted by Gasteiger charge is 2.14. The smallest absolute Gasteiger partial charge is 0.274 e. The van der Waals surface area contributed by atoms with Crippen LogP contribution < -0.4 is 10.2 Å². The van der Waals surface area contributed by atoms with Crippen LogP contribution in [0.25, 0.3) is 0 Å². The van der Waals surface area contributed by atoms with Crippen molar-refractivity contribution < 1.29 is 4.79 Å². The molecule has 0 aliphatic carbocycles. The second kappa shape index (κ2) is 7.44. The second-order valence-electron chi connectivity index (χ2n) is 5.55. The van der Waals surface area contributed by atoms with Crippen LogP contribution in [-0.4, -0.2) is 22.9 Å². The van der Waals surface area contributed by atoms with Gasteiger partial charge in [-0.1, -0.05) is 34.1 Å². The van der Waals surface area contributed by atoms with Gasteiger partial charge in [0.2, 0.25) is 5.95 Å². The zero-order valence-electron chi connectivity index (χ0n) is 13.9. The molecule has 0 bridgehead atoms. The molecule has 1 N–H and O–H groups in total. The van der Waals surface area contributed by atoms with Crippen LogP contribution in [0.2, 0.25) is 0 Å². The van der Waals surface area contributed by atoms with E-state index in [1.54, 1.807) is 6.07 Å². The Morgan fingerprint density at radius 3 is 2.40 bits per heavy atom. The van der Waals surface area contributed by atoms with Crippen LogP contribution in [0.5, 0.6) is 0 Å². The zero-order chi connectivity index (χ0) is 17.8. The molecule has 2 aromatic carbocycles. The molecule has 0 fully saturated rings. The molecule has 3 rings (SSSR count). The fourth-order valence-corrected chi connectivity index (χ4v) is 2.58. The van der Waals surface area contributed by atoms with Crippen molar-refractivity contribution in [3.05, 3.63) is 76.5 Å². The van der Waals surface area contributed by atoms with Crippen molar-refractivity contribution in [2.45, 2.75) is 6.92 Å². The van der Waals surface area contributed by atoms with Gasteiger partial charge < -0.3 is 10.2 Å². The van der Waals surface area contributed by atoms with Gasteiger partial charge in [0.05, 0.1) is 0 Å². The van der Waals surface area contributed by atoms with E-state index >= 15 is 0 Å². The summed E-state index contributed by atoms with van der Waals surface area (Å²) in [5.74, 6) is 0.211. The van der Waals surface area contributed by atoms with Crippen molar-refractivity contribution in [2.24, 2.45) is 0 Å². The average molecular weight is 397 g/mol. The van der Waals surface area contributed by atoms with Crippen molar-refractivity contribution in [1.82, 2.24) is 9.97 Å². The van der Waals surface area contributed by atoms with E-state index in [1.165, 1.54) is 0 Å². The first-order chi connectivity index (χ1) is 12.0. The Balaban J connectivity index is 1.86. The van der Waals surface area contributed by atoms with Gasteiger partial charge in [-0.2, -0.15) is 0 Å². The molecule has 0 aliphatic rings. The van der Waals surface area contributed by atoms with Gasteiger partial charge in [-0.15, -0.1) is 0 Å². The number of aryl methyl sites for hydroxylation is 1. The molecule has 0 saturated carbocycles. The maximum absolute atomic E-state index is 12.5. The van der Waals surface area contributed by atoms with E-state index in [0.29, 0.717) is 17.3 Å². The summed E-state index contributed by atoms with van der Waals surface area (Å²) in [7, 11) is 1.88. The van der Waals surface area contributed by atoms with Crippen molar-refractivity contribution in [1.29, 1.82) is 0 Å². The number of halogens is 1. The number of anilines is 3. The Labute approximate surface area is 154 Å². The minimum atomic E-state index is -0.268. The maximum Gasteiger partial charge on any atom is 0.274 e. The first kappa shape index (κ1) is 17.1. The Kier molecular flexibility index (Phi) is 5.09. The molecule has 0 atom stereocenters. The third-order valence-electron chi connectivity index (χ3n) is 3.62. The van der Waals surface area contributed by atoms with Gasteiger partial charge in [-0.3, -0.25) is 4.79 Å². The van der Waals surface area contributed by atoms with E-state index in [-0.39, 0.29) is 5.91 Å². The van der Waals surface area contributed by atoms with E-state index < -0.39 is 0 Å². The van der Waals surface area contributed by atoms with Crippen molar-refractivity contribution >= 4 is 39.2 Å². The van der Waals surface area contributed by atoms with Crippen molar-refractivity contribution in [2.75, 3.05) is 17.3 Å². The highest BCUT2D eigenvalue weighted by Crippen LogP contribution is 2.21. The highest BCUT2D eigenvalue weighted by atomic mass is 79.9. The van der Waals surface area contributed by atoms with Gasteiger partial charge in [0.15, 0.2) is 0 Å². The molecule has 1 aromatic heterocycles. The second-order valence-corrected chi connectivity index (χ2v) is 6.47. The maximum atomic E-state index is 12.5. The number of aromatic nitrogens is 2. The molecule has 126 valence electrons. The zero-order valence-corrected chi connectivity index (χ0v) is 15.5. The molecule has 0 unspecified atom stereocenters. The van der Waals surface area contributed by atoms with Crippen LogP contribution >= 0.6 is 15.9 Å². The van der Waals surface area contributed by atoms with E-state index in [1.807, 2.05) is 73.5 Å². The number of carbonyl (C=O) groups is 1. The lowest BCUT2D eigenvalue weighted by atomic mass is 10.2. The molecule has 0 aliphatic heterocycles. The summed E-state index contributed by atoms with van der Waals surface area (Å²) in [6, 6.07) is 18.8. The van der Waals surface area contributed by atoms with Crippen LogP contribution in [0.3, 0.4) is 0 Å². The Morgan fingerprint density at radius 1 is 1.04 bits per heavy atom. The molecule has 3 aromatic rings. The number of carbonyl (C=O) groups excluding carboxylic acids is 1. The summed E-state index contributed by atoms with van der Waals surface area (Å²) in [5.41, 5.74) is 2.72. The highest BCUT2D eigenvalue weighted by molar-refractivity contribution is 9.10. The Morgan fingerprint density at radius 2 is 1.72 bits per heavy atom. The van der Waals surface area contributed by atoms with Crippen LogP contribution in [-0.2, 0) is 0 Å². The lowest BCUT2D eigenvalue weighted by Crippen LogP contribution is -2.19. The molecular formula is C19H17BrN4O. The first-order valence-electron chi connectivity index (χ1n) is 7.74. The summed E-state index contributed by atoms with van der Waals surface area (Å²) < 4.78 is 0.954. The van der Waals surface area contributed by atoms with Crippen molar-refractivity contribution in [3.63, 3.8) is 0 Å². The van der Waals surface area contributed by atoms with Gasteiger partial charge in [0.1, 0.15) is 5.69 Å². The number of hydrogen-bond acceptors (Lipinski definition) is 4. The predicted octanol–water partition coefficient (Wildman–Crippen LogP) is 4.57. The summed E-state index contributed by atoms with van der Waals surface area (Å²) in [5, 5.41) is 2.85. The van der Waals surface area contributed by atoms with E-state index in [0.717, 1.165) is 15.9 Å². The van der Waals surface area contributed by atoms with Crippen LogP contribution in [0, 0.1) is 6.92 Å². The topological polar surface area (TPSA) is 58.1 Å². The monoisotopic (exact) mass is 396 g/mol. The molecule has 25 heavy (non-hydrogen) atoms. The minimum Gasteiger partial charge on any atom is -0.321 e. The van der Waals surface area contributed by atoms with Crippen LogP contribution in [0.15, 0.2) is 65.1 Å². The molecular weight excluding hydrogens is 380 g/mol. The summed E-state index contributed by atoms with van der Waals surface area (Å²) in [6.07, 6.45) is 0. The lowest BCUT2D eigenvalue weighted by molar-refractivity contribution is 0.102. The minimum absolute atomic E-state index is 0.268. The molecule has 0 saturated heterocycles. The average Bonchev–Trinajstić information content (AvgIpc) is 2.63.